The number of nitrogen functional groups attached to an aromatic ring is 1. The predicted molar refractivity (Wildman–Crippen MR) is 157 cm³/mol. The van der Waals surface area contributed by atoms with E-state index in [-0.39, 0.29) is 23.2 Å². The van der Waals surface area contributed by atoms with Gasteiger partial charge in [-0.05, 0) is 43.5 Å². The highest BCUT2D eigenvalue weighted by atomic mass is 16.5. The molecule has 0 spiro atoms. The van der Waals surface area contributed by atoms with Crippen LogP contribution in [0.15, 0.2) is 71.7 Å². The Kier molecular flexibility index (Phi) is 8.19. The second-order valence-electron chi connectivity index (χ2n) is 9.94. The highest BCUT2D eigenvalue weighted by Crippen LogP contribution is 2.36. The summed E-state index contributed by atoms with van der Waals surface area (Å²) in [4.78, 5) is 35.6. The number of benzene rings is 2. The van der Waals surface area contributed by atoms with E-state index in [1.165, 1.54) is 0 Å². The third-order valence-electron chi connectivity index (χ3n) is 7.53. The quantitative estimate of drug-likeness (QED) is 0.271. The molecule has 10 heteroatoms. The van der Waals surface area contributed by atoms with Crippen LogP contribution >= 0.6 is 0 Å². The molecule has 0 saturated heterocycles. The Hall–Kier alpha value is -4.86. The third kappa shape index (κ3) is 5.72. The van der Waals surface area contributed by atoms with Crippen LogP contribution in [0.3, 0.4) is 0 Å². The zero-order chi connectivity index (χ0) is 28.9. The number of aryl methyl sites for hydroxylation is 2. The molecule has 1 aliphatic heterocycles. The van der Waals surface area contributed by atoms with Crippen molar-refractivity contribution >= 4 is 17.5 Å². The molecule has 0 bridgehead atoms. The lowest BCUT2D eigenvalue weighted by Crippen LogP contribution is -2.36. The Morgan fingerprint density at radius 3 is 2.34 bits per heavy atom. The van der Waals surface area contributed by atoms with Crippen LogP contribution in [0.2, 0.25) is 0 Å². The SMILES string of the molecule is COc1ccccc1C(CNc1ncc2n(c1=O)[C@H](C(=O)NCc1ccc(N)nc1C)CC2)c1ccccc1OC. The molecule has 2 aromatic carbocycles. The molecule has 0 fully saturated rings. The molecule has 5 rings (SSSR count). The van der Waals surface area contributed by atoms with E-state index in [4.69, 9.17) is 15.2 Å². The Labute approximate surface area is 238 Å². The standard InChI is InChI=1S/C31H34N6O4/c1-19-20(12-15-28(32)36-19)16-35-30(38)25-14-13-21-17-33-29(31(39)37(21)25)34-18-24(22-8-4-6-10-26(22)40-2)23-9-5-7-11-27(23)41-3/h4-12,15,17,24-25H,13-14,16,18H2,1-3H3,(H2,32,36)(H,33,34)(H,35,38)/t25-/m0/s1. The van der Waals surface area contributed by atoms with Crippen LogP contribution in [0, 0.1) is 6.92 Å². The molecular formula is C31H34N6O4. The number of nitrogens with two attached hydrogens (primary N) is 1. The molecule has 41 heavy (non-hydrogen) atoms. The van der Waals surface area contributed by atoms with Crippen LogP contribution in [0.5, 0.6) is 11.5 Å². The molecule has 0 radical (unpaired) electrons. The van der Waals surface area contributed by atoms with Gasteiger partial charge in [-0.25, -0.2) is 9.97 Å². The van der Waals surface area contributed by atoms with Gasteiger partial charge in [-0.2, -0.15) is 0 Å². The Balaban J connectivity index is 1.39. The Morgan fingerprint density at radius 1 is 1.05 bits per heavy atom. The van der Waals surface area contributed by atoms with Gasteiger partial charge in [0.15, 0.2) is 5.82 Å². The maximum atomic E-state index is 13.7. The van der Waals surface area contributed by atoms with Gasteiger partial charge in [-0.3, -0.25) is 14.2 Å². The molecule has 4 N–H and O–H groups in total. The predicted octanol–water partition coefficient (Wildman–Crippen LogP) is 3.59. The molecular weight excluding hydrogens is 520 g/mol. The summed E-state index contributed by atoms with van der Waals surface area (Å²) < 4.78 is 12.9. The number of fused-ring (bicyclic) bond motifs is 1. The largest absolute Gasteiger partial charge is 0.496 e. The van der Waals surface area contributed by atoms with Gasteiger partial charge in [0.05, 0.1) is 14.2 Å². The van der Waals surface area contributed by atoms with Gasteiger partial charge in [-0.1, -0.05) is 42.5 Å². The van der Waals surface area contributed by atoms with Crippen LogP contribution in [-0.2, 0) is 17.8 Å². The van der Waals surface area contributed by atoms with Gasteiger partial charge < -0.3 is 25.8 Å². The van der Waals surface area contributed by atoms with Gasteiger partial charge in [0.2, 0.25) is 5.91 Å². The molecule has 3 heterocycles. The molecule has 1 aliphatic rings. The fourth-order valence-corrected chi connectivity index (χ4v) is 5.40. The first-order chi connectivity index (χ1) is 19.9. The van der Waals surface area contributed by atoms with E-state index in [0.717, 1.165) is 39.6 Å². The first-order valence-electron chi connectivity index (χ1n) is 13.5. The van der Waals surface area contributed by atoms with E-state index in [2.05, 4.69) is 20.6 Å². The zero-order valence-electron chi connectivity index (χ0n) is 23.4. The van der Waals surface area contributed by atoms with Crippen molar-refractivity contribution in [3.63, 3.8) is 0 Å². The molecule has 0 saturated carbocycles. The van der Waals surface area contributed by atoms with Crippen LogP contribution in [0.25, 0.3) is 0 Å². The van der Waals surface area contributed by atoms with Crippen LogP contribution in [0.1, 0.15) is 46.5 Å². The number of hydrogen-bond acceptors (Lipinski definition) is 8. The fraction of sp³-hybridized carbons (Fsp3) is 0.290. The van der Waals surface area contributed by atoms with Crippen molar-refractivity contribution in [1.29, 1.82) is 0 Å². The van der Waals surface area contributed by atoms with Crippen molar-refractivity contribution in [3.8, 4) is 11.5 Å². The summed E-state index contributed by atoms with van der Waals surface area (Å²) in [5.74, 6) is 1.64. The number of nitrogens with zero attached hydrogens (tertiary/aromatic N) is 3. The zero-order valence-corrected chi connectivity index (χ0v) is 23.4. The van der Waals surface area contributed by atoms with E-state index in [1.54, 1.807) is 31.0 Å². The van der Waals surface area contributed by atoms with E-state index < -0.39 is 6.04 Å². The van der Waals surface area contributed by atoms with Gasteiger partial charge in [0, 0.05) is 47.7 Å². The summed E-state index contributed by atoms with van der Waals surface area (Å²) in [5, 5.41) is 6.22. The summed E-state index contributed by atoms with van der Waals surface area (Å²) in [5.41, 5.74) is 9.66. The van der Waals surface area contributed by atoms with Crippen molar-refractivity contribution in [2.24, 2.45) is 0 Å². The second kappa shape index (κ2) is 12.1. The lowest BCUT2D eigenvalue weighted by molar-refractivity contribution is -0.124. The summed E-state index contributed by atoms with van der Waals surface area (Å²) >= 11 is 0. The number of anilines is 2. The summed E-state index contributed by atoms with van der Waals surface area (Å²) in [7, 11) is 3.27. The number of methoxy groups -OCH3 is 2. The van der Waals surface area contributed by atoms with Gasteiger partial charge >= 0.3 is 0 Å². The monoisotopic (exact) mass is 554 g/mol. The second-order valence-corrected chi connectivity index (χ2v) is 9.94. The number of carbonyl (C=O) groups excluding carboxylic acids is 1. The molecule has 10 nitrogen and oxygen atoms in total. The number of nitrogens with one attached hydrogen (secondary N) is 2. The molecule has 2 aromatic heterocycles. The topological polar surface area (TPSA) is 133 Å². The highest BCUT2D eigenvalue weighted by molar-refractivity contribution is 5.81. The van der Waals surface area contributed by atoms with Crippen molar-refractivity contribution in [2.45, 2.75) is 38.3 Å². The minimum Gasteiger partial charge on any atom is -0.496 e. The third-order valence-corrected chi connectivity index (χ3v) is 7.53. The number of rotatable bonds is 10. The maximum absolute atomic E-state index is 13.7. The van der Waals surface area contributed by atoms with Crippen LogP contribution < -0.4 is 31.4 Å². The van der Waals surface area contributed by atoms with Crippen LogP contribution in [-0.4, -0.2) is 41.2 Å². The molecule has 1 atom stereocenters. The van der Waals surface area contributed by atoms with E-state index in [1.807, 2.05) is 61.5 Å². The number of ether oxygens (including phenoxy) is 2. The number of amides is 1. The molecule has 0 aliphatic carbocycles. The lowest BCUT2D eigenvalue weighted by atomic mass is 9.89. The van der Waals surface area contributed by atoms with Crippen molar-refractivity contribution in [1.82, 2.24) is 19.9 Å². The summed E-state index contributed by atoms with van der Waals surface area (Å²) in [6.07, 6.45) is 2.79. The first-order valence-corrected chi connectivity index (χ1v) is 13.5. The Morgan fingerprint density at radius 2 is 1.71 bits per heavy atom. The number of pyridine rings is 1. The van der Waals surface area contributed by atoms with Gasteiger partial charge in [-0.15, -0.1) is 0 Å². The molecule has 212 valence electrons. The van der Waals surface area contributed by atoms with Crippen molar-refractivity contribution < 1.29 is 14.3 Å². The maximum Gasteiger partial charge on any atom is 0.294 e. The van der Waals surface area contributed by atoms with Gasteiger partial charge in [0.1, 0.15) is 23.4 Å². The first kappa shape index (κ1) is 27.7. The van der Waals surface area contributed by atoms with Crippen LogP contribution in [0.4, 0.5) is 11.6 Å². The number of para-hydroxylation sites is 2. The molecule has 4 aromatic rings. The number of hydrogen-bond donors (Lipinski definition) is 3. The van der Waals surface area contributed by atoms with Crippen molar-refractivity contribution in [3.05, 3.63) is 105 Å². The van der Waals surface area contributed by atoms with Crippen molar-refractivity contribution in [2.75, 3.05) is 31.8 Å². The summed E-state index contributed by atoms with van der Waals surface area (Å²) in [6, 6.07) is 18.5. The minimum atomic E-state index is -0.623. The molecule has 0 unspecified atom stereocenters. The van der Waals surface area contributed by atoms with Gasteiger partial charge in [0.25, 0.3) is 5.56 Å². The number of carbonyl (C=O) groups is 1. The summed E-state index contributed by atoms with van der Waals surface area (Å²) in [6.45, 7) is 2.50. The number of aromatic nitrogens is 3. The fourth-order valence-electron chi connectivity index (χ4n) is 5.40. The average molecular weight is 555 g/mol. The lowest BCUT2D eigenvalue weighted by Gasteiger charge is -2.23. The average Bonchev–Trinajstić information content (AvgIpc) is 3.43. The normalized spacial score (nSPS) is 14.0. The minimum absolute atomic E-state index is 0.182. The Bertz CT molecular complexity index is 1570. The molecule has 1 amide bonds. The van der Waals surface area contributed by atoms with E-state index in [9.17, 15) is 9.59 Å². The van der Waals surface area contributed by atoms with E-state index >= 15 is 0 Å². The smallest absolute Gasteiger partial charge is 0.294 e. The van der Waals surface area contributed by atoms with E-state index in [0.29, 0.717) is 31.7 Å². The highest BCUT2D eigenvalue weighted by Gasteiger charge is 2.31.